The van der Waals surface area contributed by atoms with Crippen molar-refractivity contribution < 1.29 is 0 Å². The van der Waals surface area contributed by atoms with Crippen molar-refractivity contribution in [1.29, 1.82) is 0 Å². The second-order valence-electron chi connectivity index (χ2n) is 3.28. The van der Waals surface area contributed by atoms with Crippen LogP contribution in [0.25, 0.3) is 0 Å². The van der Waals surface area contributed by atoms with Crippen LogP contribution in [0.2, 0.25) is 0 Å². The van der Waals surface area contributed by atoms with Crippen LogP contribution in [0.5, 0.6) is 0 Å². The van der Waals surface area contributed by atoms with Crippen molar-refractivity contribution in [3.63, 3.8) is 0 Å². The predicted octanol–water partition coefficient (Wildman–Crippen LogP) is 0.299. The molecule has 0 spiro atoms. The van der Waals surface area contributed by atoms with Gasteiger partial charge in [-0.15, -0.1) is 0 Å². The Morgan fingerprint density at radius 1 is 1.38 bits per heavy atom. The molecular weight excluding hydrogens is 164 g/mol. The van der Waals surface area contributed by atoms with E-state index < -0.39 is 0 Å². The van der Waals surface area contributed by atoms with Crippen LogP contribution < -0.4 is 5.32 Å². The third-order valence-electron chi connectivity index (χ3n) is 1.88. The summed E-state index contributed by atoms with van der Waals surface area (Å²) < 4.78 is 0. The van der Waals surface area contributed by atoms with Crippen molar-refractivity contribution in [2.24, 2.45) is 0 Å². The van der Waals surface area contributed by atoms with Crippen LogP contribution in [0.4, 0.5) is 0 Å². The summed E-state index contributed by atoms with van der Waals surface area (Å²) in [6.07, 6.45) is 5.24. The monoisotopic (exact) mass is 180 g/mol. The van der Waals surface area contributed by atoms with Crippen molar-refractivity contribution in [2.45, 2.75) is 6.04 Å². The molecule has 1 atom stereocenters. The normalized spacial score (nSPS) is 13.2. The molecule has 0 bridgehead atoms. The molecule has 0 aliphatic carbocycles. The highest BCUT2D eigenvalue weighted by Crippen LogP contribution is 2.09. The molecule has 0 saturated carbocycles. The maximum absolute atomic E-state index is 3.99. The molecule has 4 heteroatoms. The molecule has 0 saturated heterocycles. The minimum atomic E-state index is 0.302. The minimum Gasteiger partial charge on any atom is -0.312 e. The highest BCUT2D eigenvalue weighted by molar-refractivity contribution is 5.09. The third-order valence-corrected chi connectivity index (χ3v) is 1.88. The number of aromatic nitrogens is 2. The van der Waals surface area contributed by atoms with Gasteiger partial charge in [0.05, 0.1) is 0 Å². The molecule has 1 rings (SSSR count). The van der Waals surface area contributed by atoms with E-state index in [1.54, 1.807) is 6.33 Å². The van der Waals surface area contributed by atoms with Gasteiger partial charge in [0, 0.05) is 30.5 Å². The van der Waals surface area contributed by atoms with Gasteiger partial charge in [0.25, 0.3) is 0 Å². The number of hydrogen-bond acceptors (Lipinski definition) is 4. The Morgan fingerprint density at radius 3 is 2.46 bits per heavy atom. The lowest BCUT2D eigenvalue weighted by molar-refractivity contribution is 0.352. The fourth-order valence-electron chi connectivity index (χ4n) is 1.22. The van der Waals surface area contributed by atoms with Gasteiger partial charge in [0.1, 0.15) is 6.33 Å². The van der Waals surface area contributed by atoms with E-state index in [2.05, 4.69) is 20.2 Å². The molecule has 0 fully saturated rings. The molecule has 1 N–H and O–H groups in total. The summed E-state index contributed by atoms with van der Waals surface area (Å²) in [5.74, 6) is 0. The van der Waals surface area contributed by atoms with E-state index in [4.69, 9.17) is 0 Å². The van der Waals surface area contributed by atoms with Crippen LogP contribution in [-0.4, -0.2) is 42.6 Å². The maximum atomic E-state index is 3.99. The fraction of sp³-hybridized carbons (Fsp3) is 0.556. The molecule has 1 heterocycles. The zero-order chi connectivity index (χ0) is 9.68. The summed E-state index contributed by atoms with van der Waals surface area (Å²) in [5, 5.41) is 3.23. The lowest BCUT2D eigenvalue weighted by atomic mass is 10.1. The van der Waals surface area contributed by atoms with Gasteiger partial charge < -0.3 is 10.2 Å². The zero-order valence-electron chi connectivity index (χ0n) is 8.36. The number of hydrogen-bond donors (Lipinski definition) is 1. The Morgan fingerprint density at radius 2 is 2.00 bits per heavy atom. The number of nitrogens with zero attached hydrogens (tertiary/aromatic N) is 3. The quantitative estimate of drug-likeness (QED) is 0.723. The highest BCUT2D eigenvalue weighted by atomic mass is 15.1. The Bertz CT molecular complexity index is 235. The van der Waals surface area contributed by atoms with Gasteiger partial charge in [-0.1, -0.05) is 0 Å². The first-order valence-electron chi connectivity index (χ1n) is 4.31. The van der Waals surface area contributed by atoms with E-state index in [0.717, 1.165) is 12.1 Å². The largest absolute Gasteiger partial charge is 0.312 e. The van der Waals surface area contributed by atoms with Crippen LogP contribution in [0, 0.1) is 0 Å². The average Bonchev–Trinajstić information content (AvgIpc) is 2.15. The Labute approximate surface area is 79.0 Å². The van der Waals surface area contributed by atoms with Crippen LogP contribution in [-0.2, 0) is 0 Å². The third kappa shape index (κ3) is 3.08. The minimum absolute atomic E-state index is 0.302. The molecule has 4 nitrogen and oxygen atoms in total. The first kappa shape index (κ1) is 10.1. The average molecular weight is 180 g/mol. The van der Waals surface area contributed by atoms with Crippen molar-refractivity contribution in [2.75, 3.05) is 27.7 Å². The van der Waals surface area contributed by atoms with Gasteiger partial charge >= 0.3 is 0 Å². The number of rotatable bonds is 4. The van der Waals surface area contributed by atoms with Crippen molar-refractivity contribution in [3.8, 4) is 0 Å². The molecule has 72 valence electrons. The first-order valence-corrected chi connectivity index (χ1v) is 4.31. The number of nitrogens with one attached hydrogen (secondary N) is 1. The summed E-state index contributed by atoms with van der Waals surface area (Å²) in [4.78, 5) is 10.1. The lowest BCUT2D eigenvalue weighted by Crippen LogP contribution is -2.28. The summed E-state index contributed by atoms with van der Waals surface area (Å²) in [6, 6.07) is 0.302. The van der Waals surface area contributed by atoms with Crippen molar-refractivity contribution >= 4 is 0 Å². The fourth-order valence-corrected chi connectivity index (χ4v) is 1.22. The van der Waals surface area contributed by atoms with Crippen molar-refractivity contribution in [3.05, 3.63) is 24.3 Å². The summed E-state index contributed by atoms with van der Waals surface area (Å²) in [7, 11) is 6.05. The first-order chi connectivity index (χ1) is 6.24. The van der Waals surface area contributed by atoms with Crippen molar-refractivity contribution in [1.82, 2.24) is 20.2 Å². The molecule has 13 heavy (non-hydrogen) atoms. The van der Waals surface area contributed by atoms with Crippen LogP contribution >= 0.6 is 0 Å². The highest BCUT2D eigenvalue weighted by Gasteiger charge is 2.09. The smallest absolute Gasteiger partial charge is 0.115 e. The Balaban J connectivity index is 2.67. The maximum Gasteiger partial charge on any atom is 0.115 e. The molecule has 1 aromatic heterocycles. The van der Waals surface area contributed by atoms with Gasteiger partial charge in [-0.2, -0.15) is 0 Å². The van der Waals surface area contributed by atoms with Crippen LogP contribution in [0.3, 0.4) is 0 Å². The Hall–Kier alpha value is -1.00. The van der Waals surface area contributed by atoms with Gasteiger partial charge in [-0.25, -0.2) is 9.97 Å². The second kappa shape index (κ2) is 4.89. The molecule has 0 amide bonds. The topological polar surface area (TPSA) is 41.0 Å². The molecule has 1 unspecified atom stereocenters. The Kier molecular flexibility index (Phi) is 3.79. The number of likely N-dealkylation sites (N-methyl/N-ethyl adjacent to an activating group) is 2. The van der Waals surface area contributed by atoms with Crippen LogP contribution in [0.1, 0.15) is 11.6 Å². The summed E-state index contributed by atoms with van der Waals surface area (Å²) >= 11 is 0. The summed E-state index contributed by atoms with van der Waals surface area (Å²) in [6.45, 7) is 0.948. The molecule has 0 aliphatic heterocycles. The van der Waals surface area contributed by atoms with E-state index in [9.17, 15) is 0 Å². The molecule has 0 aliphatic rings. The predicted molar refractivity (Wildman–Crippen MR) is 52.4 cm³/mol. The summed E-state index contributed by atoms with van der Waals surface area (Å²) in [5.41, 5.74) is 1.12. The van der Waals surface area contributed by atoms with Gasteiger partial charge in [-0.05, 0) is 21.1 Å². The zero-order valence-corrected chi connectivity index (χ0v) is 8.36. The van der Waals surface area contributed by atoms with E-state index in [-0.39, 0.29) is 0 Å². The van der Waals surface area contributed by atoms with Crippen LogP contribution in [0.15, 0.2) is 18.7 Å². The lowest BCUT2D eigenvalue weighted by Gasteiger charge is -2.19. The molecular formula is C9H16N4. The van der Waals surface area contributed by atoms with E-state index in [0.29, 0.717) is 6.04 Å². The SMILES string of the molecule is CNC(CN(C)C)c1cncnc1. The van der Waals surface area contributed by atoms with Gasteiger partial charge in [0.15, 0.2) is 0 Å². The van der Waals surface area contributed by atoms with E-state index in [1.807, 2.05) is 33.5 Å². The van der Waals surface area contributed by atoms with E-state index >= 15 is 0 Å². The second-order valence-corrected chi connectivity index (χ2v) is 3.28. The van der Waals surface area contributed by atoms with Gasteiger partial charge in [0.2, 0.25) is 0 Å². The molecule has 1 aromatic rings. The molecule has 0 radical (unpaired) electrons. The standard InChI is InChI=1S/C9H16N4/c1-10-9(6-13(2)3)8-4-11-7-12-5-8/h4-5,7,9-10H,6H2,1-3H3. The van der Waals surface area contributed by atoms with Gasteiger partial charge in [-0.3, -0.25) is 0 Å². The molecule has 0 aromatic carbocycles. The van der Waals surface area contributed by atoms with E-state index in [1.165, 1.54) is 0 Å².